The van der Waals surface area contributed by atoms with Gasteiger partial charge in [0, 0.05) is 45.7 Å². The van der Waals surface area contributed by atoms with Gasteiger partial charge in [0.05, 0.1) is 20.8 Å². The number of methoxy groups -OCH3 is 2. The smallest absolute Gasteiger partial charge is 0.409 e. The highest BCUT2D eigenvalue weighted by molar-refractivity contribution is 5.77. The lowest BCUT2D eigenvalue weighted by Crippen LogP contribution is -2.51. The van der Waals surface area contributed by atoms with E-state index in [1.807, 2.05) is 18.2 Å². The predicted molar refractivity (Wildman–Crippen MR) is 101 cm³/mol. The number of amides is 2. The average molecular weight is 379 g/mol. The largest absolute Gasteiger partial charge is 0.493 e. The van der Waals surface area contributed by atoms with Crippen molar-refractivity contribution in [1.29, 1.82) is 0 Å². The highest BCUT2D eigenvalue weighted by Crippen LogP contribution is 2.27. The number of ether oxygens (including phenoxy) is 3. The fraction of sp³-hybridized carbons (Fsp3) is 0.579. The van der Waals surface area contributed by atoms with Gasteiger partial charge in [0.25, 0.3) is 0 Å². The summed E-state index contributed by atoms with van der Waals surface area (Å²) in [6.45, 7) is 5.51. The molecule has 0 bridgehead atoms. The molecule has 8 heteroatoms. The third kappa shape index (κ3) is 6.02. The van der Waals surface area contributed by atoms with Crippen LogP contribution in [0.4, 0.5) is 4.79 Å². The van der Waals surface area contributed by atoms with Crippen LogP contribution in [-0.4, -0.2) is 75.4 Å². The van der Waals surface area contributed by atoms with E-state index in [0.717, 1.165) is 5.56 Å². The maximum atomic E-state index is 12.3. The van der Waals surface area contributed by atoms with Crippen LogP contribution in [0.15, 0.2) is 18.2 Å². The number of nitrogens with zero attached hydrogens (tertiary/aromatic N) is 2. The predicted octanol–water partition coefficient (Wildman–Crippen LogP) is 1.48. The van der Waals surface area contributed by atoms with Crippen LogP contribution in [0, 0.1) is 0 Å². The SMILES string of the molecule is CCOC(=O)N1CCN(C(=O)CCNCc2ccc(OC)c(OC)c2)CC1. The van der Waals surface area contributed by atoms with E-state index in [1.165, 1.54) is 0 Å². The number of carbonyl (C=O) groups excluding carboxylic acids is 2. The van der Waals surface area contributed by atoms with E-state index in [2.05, 4.69) is 5.32 Å². The standard InChI is InChI=1S/C19H29N3O5/c1-4-27-19(24)22-11-9-21(10-12-22)18(23)7-8-20-14-15-5-6-16(25-2)17(13-15)26-3/h5-6,13,20H,4,7-12,14H2,1-3H3. The zero-order chi connectivity index (χ0) is 19.6. The number of hydrogen-bond acceptors (Lipinski definition) is 6. The molecule has 0 spiro atoms. The Morgan fingerprint density at radius 3 is 2.33 bits per heavy atom. The molecule has 1 fully saturated rings. The van der Waals surface area contributed by atoms with Crippen LogP contribution >= 0.6 is 0 Å². The van der Waals surface area contributed by atoms with Gasteiger partial charge in [-0.25, -0.2) is 4.79 Å². The van der Waals surface area contributed by atoms with Gasteiger partial charge in [-0.15, -0.1) is 0 Å². The summed E-state index contributed by atoms with van der Waals surface area (Å²) in [5.74, 6) is 1.48. The molecule has 0 radical (unpaired) electrons. The van der Waals surface area contributed by atoms with E-state index in [4.69, 9.17) is 14.2 Å². The number of hydrogen-bond donors (Lipinski definition) is 1. The fourth-order valence-corrected chi connectivity index (χ4v) is 2.93. The van der Waals surface area contributed by atoms with Crippen LogP contribution < -0.4 is 14.8 Å². The van der Waals surface area contributed by atoms with Crippen molar-refractivity contribution in [2.75, 3.05) is 53.6 Å². The summed E-state index contributed by atoms with van der Waals surface area (Å²) in [6.07, 6.45) is 0.119. The maximum absolute atomic E-state index is 12.3. The number of nitrogens with one attached hydrogen (secondary N) is 1. The molecular weight excluding hydrogens is 350 g/mol. The number of benzene rings is 1. The van der Waals surface area contributed by atoms with Gasteiger partial charge in [-0.2, -0.15) is 0 Å². The Hall–Kier alpha value is -2.48. The molecule has 8 nitrogen and oxygen atoms in total. The topological polar surface area (TPSA) is 80.3 Å². The lowest BCUT2D eigenvalue weighted by atomic mass is 10.2. The van der Waals surface area contributed by atoms with Gasteiger partial charge in [-0.1, -0.05) is 6.07 Å². The van der Waals surface area contributed by atoms with E-state index in [9.17, 15) is 9.59 Å². The lowest BCUT2D eigenvalue weighted by Gasteiger charge is -2.34. The summed E-state index contributed by atoms with van der Waals surface area (Å²) >= 11 is 0. The number of carbonyl (C=O) groups is 2. The molecule has 0 aliphatic carbocycles. The van der Waals surface area contributed by atoms with Crippen LogP contribution in [0.2, 0.25) is 0 Å². The quantitative estimate of drug-likeness (QED) is 0.690. The van der Waals surface area contributed by atoms with Crippen molar-refractivity contribution in [1.82, 2.24) is 15.1 Å². The zero-order valence-corrected chi connectivity index (χ0v) is 16.3. The van der Waals surface area contributed by atoms with Crippen LogP contribution in [0.5, 0.6) is 11.5 Å². The molecule has 1 aromatic rings. The third-order valence-corrected chi connectivity index (χ3v) is 4.45. The Balaban J connectivity index is 1.69. The maximum Gasteiger partial charge on any atom is 0.409 e. The first kappa shape index (κ1) is 20.8. The molecular formula is C19H29N3O5. The number of piperazine rings is 1. The molecule has 1 saturated heterocycles. The molecule has 2 rings (SSSR count). The van der Waals surface area contributed by atoms with Gasteiger partial charge in [-0.05, 0) is 24.6 Å². The van der Waals surface area contributed by atoms with Crippen LogP contribution in [-0.2, 0) is 16.1 Å². The molecule has 0 atom stereocenters. The fourth-order valence-electron chi connectivity index (χ4n) is 2.93. The molecule has 2 amide bonds. The first-order valence-corrected chi connectivity index (χ1v) is 9.20. The minimum absolute atomic E-state index is 0.0957. The molecule has 0 aromatic heterocycles. The zero-order valence-electron chi connectivity index (χ0n) is 16.3. The van der Waals surface area contributed by atoms with Crippen molar-refractivity contribution in [2.45, 2.75) is 19.9 Å². The van der Waals surface area contributed by atoms with Gasteiger partial charge in [0.15, 0.2) is 11.5 Å². The first-order valence-electron chi connectivity index (χ1n) is 9.20. The summed E-state index contributed by atoms with van der Waals surface area (Å²) in [6, 6.07) is 5.75. The van der Waals surface area contributed by atoms with Crippen molar-refractivity contribution < 1.29 is 23.8 Å². The Bertz CT molecular complexity index is 630. The normalized spacial score (nSPS) is 14.0. The third-order valence-electron chi connectivity index (χ3n) is 4.45. The Kier molecular flexibility index (Phi) is 8.19. The Morgan fingerprint density at radius 2 is 1.70 bits per heavy atom. The van der Waals surface area contributed by atoms with Crippen LogP contribution in [0.25, 0.3) is 0 Å². The van der Waals surface area contributed by atoms with E-state index in [1.54, 1.807) is 30.9 Å². The molecule has 0 saturated carbocycles. The van der Waals surface area contributed by atoms with Gasteiger partial charge in [0.1, 0.15) is 0 Å². The van der Waals surface area contributed by atoms with Gasteiger partial charge < -0.3 is 29.3 Å². The molecule has 27 heavy (non-hydrogen) atoms. The summed E-state index contributed by atoms with van der Waals surface area (Å²) in [5.41, 5.74) is 1.06. The highest BCUT2D eigenvalue weighted by Gasteiger charge is 2.24. The average Bonchev–Trinajstić information content (AvgIpc) is 2.71. The second kappa shape index (κ2) is 10.6. The molecule has 1 N–H and O–H groups in total. The molecule has 0 unspecified atom stereocenters. The highest BCUT2D eigenvalue weighted by atomic mass is 16.6. The summed E-state index contributed by atoms with van der Waals surface area (Å²) < 4.78 is 15.5. The first-order chi connectivity index (χ1) is 13.1. The van der Waals surface area contributed by atoms with Crippen molar-refractivity contribution in [3.8, 4) is 11.5 Å². The number of rotatable bonds is 8. The van der Waals surface area contributed by atoms with E-state index >= 15 is 0 Å². The van der Waals surface area contributed by atoms with E-state index in [-0.39, 0.29) is 12.0 Å². The van der Waals surface area contributed by atoms with E-state index < -0.39 is 0 Å². The molecule has 1 aliphatic rings. The monoisotopic (exact) mass is 379 g/mol. The van der Waals surface area contributed by atoms with Crippen LogP contribution in [0.1, 0.15) is 18.9 Å². The summed E-state index contributed by atoms with van der Waals surface area (Å²) in [7, 11) is 3.21. The Morgan fingerprint density at radius 1 is 1.04 bits per heavy atom. The molecule has 1 aromatic carbocycles. The molecule has 1 heterocycles. The summed E-state index contributed by atoms with van der Waals surface area (Å²) in [4.78, 5) is 27.4. The van der Waals surface area contributed by atoms with Gasteiger partial charge in [0.2, 0.25) is 5.91 Å². The van der Waals surface area contributed by atoms with Crippen LogP contribution in [0.3, 0.4) is 0 Å². The van der Waals surface area contributed by atoms with Gasteiger partial charge in [-0.3, -0.25) is 4.79 Å². The minimum Gasteiger partial charge on any atom is -0.493 e. The van der Waals surface area contributed by atoms with E-state index in [0.29, 0.717) is 63.8 Å². The summed E-state index contributed by atoms with van der Waals surface area (Å²) in [5, 5.41) is 3.28. The van der Waals surface area contributed by atoms with Crippen molar-refractivity contribution in [3.63, 3.8) is 0 Å². The second-order valence-corrected chi connectivity index (χ2v) is 6.18. The lowest BCUT2D eigenvalue weighted by molar-refractivity contribution is -0.132. The second-order valence-electron chi connectivity index (χ2n) is 6.18. The molecule has 150 valence electrons. The Labute approximate surface area is 160 Å². The minimum atomic E-state index is -0.304. The van der Waals surface area contributed by atoms with Crippen molar-refractivity contribution in [2.24, 2.45) is 0 Å². The van der Waals surface area contributed by atoms with Crippen molar-refractivity contribution in [3.05, 3.63) is 23.8 Å². The van der Waals surface area contributed by atoms with Gasteiger partial charge >= 0.3 is 6.09 Å². The molecule has 1 aliphatic heterocycles. The van der Waals surface area contributed by atoms with Crippen molar-refractivity contribution >= 4 is 12.0 Å².